The van der Waals surface area contributed by atoms with Gasteiger partial charge in [-0.15, -0.1) is 0 Å². The maximum Gasteiger partial charge on any atom is 0.270 e. The number of hydrogen-bond donors (Lipinski definition) is 2. The zero-order valence-electron chi connectivity index (χ0n) is 15.0. The van der Waals surface area contributed by atoms with Gasteiger partial charge in [0.2, 0.25) is 5.95 Å². The standard InChI is InChI=1S/C20H19ClN4O2/c1-13-4-3-5-14(10-13)12-23-19(26)17-8-9-22-20(25-17)24-15-6-7-18(27-2)16(21)11-15/h3-11H,12H2,1-2H3,(H,23,26)(H,22,24,25). The maximum atomic E-state index is 12.4. The number of methoxy groups -OCH3 is 1. The number of amides is 1. The van der Waals surface area contributed by atoms with Crippen molar-refractivity contribution in [2.45, 2.75) is 13.5 Å². The lowest BCUT2D eigenvalue weighted by molar-refractivity contribution is 0.0946. The molecule has 0 aliphatic heterocycles. The van der Waals surface area contributed by atoms with Crippen LogP contribution in [0.15, 0.2) is 54.7 Å². The Morgan fingerprint density at radius 3 is 2.78 bits per heavy atom. The second kappa shape index (κ2) is 8.51. The molecular weight excluding hydrogens is 364 g/mol. The van der Waals surface area contributed by atoms with Crippen LogP contribution in [0.5, 0.6) is 5.75 Å². The lowest BCUT2D eigenvalue weighted by Crippen LogP contribution is -2.24. The molecule has 3 rings (SSSR count). The lowest BCUT2D eigenvalue weighted by atomic mass is 10.1. The number of nitrogens with one attached hydrogen (secondary N) is 2. The van der Waals surface area contributed by atoms with Crippen molar-refractivity contribution in [1.82, 2.24) is 15.3 Å². The quantitative estimate of drug-likeness (QED) is 0.670. The summed E-state index contributed by atoms with van der Waals surface area (Å²) in [6.45, 7) is 2.44. The number of carbonyl (C=O) groups is 1. The van der Waals surface area contributed by atoms with Crippen molar-refractivity contribution >= 4 is 29.1 Å². The van der Waals surface area contributed by atoms with Crippen molar-refractivity contribution in [3.8, 4) is 5.75 Å². The van der Waals surface area contributed by atoms with Crippen LogP contribution in [0.3, 0.4) is 0 Å². The van der Waals surface area contributed by atoms with E-state index in [1.165, 1.54) is 6.20 Å². The molecule has 3 aromatic rings. The molecule has 2 N–H and O–H groups in total. The van der Waals surface area contributed by atoms with Gasteiger partial charge in [-0.1, -0.05) is 41.4 Å². The van der Waals surface area contributed by atoms with E-state index in [2.05, 4.69) is 20.6 Å². The molecular formula is C20H19ClN4O2. The van der Waals surface area contributed by atoms with E-state index in [1.54, 1.807) is 31.4 Å². The third kappa shape index (κ3) is 4.95. The van der Waals surface area contributed by atoms with Gasteiger partial charge in [-0.25, -0.2) is 9.97 Å². The first kappa shape index (κ1) is 18.7. The minimum Gasteiger partial charge on any atom is -0.495 e. The molecule has 6 nitrogen and oxygen atoms in total. The Morgan fingerprint density at radius 1 is 1.19 bits per heavy atom. The summed E-state index contributed by atoms with van der Waals surface area (Å²) < 4.78 is 5.13. The van der Waals surface area contributed by atoms with Crippen molar-refractivity contribution < 1.29 is 9.53 Å². The summed E-state index contributed by atoms with van der Waals surface area (Å²) >= 11 is 6.12. The number of anilines is 2. The summed E-state index contributed by atoms with van der Waals surface area (Å²) in [7, 11) is 1.55. The van der Waals surface area contributed by atoms with Gasteiger partial charge in [0, 0.05) is 18.4 Å². The second-order valence-corrected chi connectivity index (χ2v) is 6.32. The highest BCUT2D eigenvalue weighted by Gasteiger charge is 2.10. The van der Waals surface area contributed by atoms with Crippen LogP contribution in [-0.2, 0) is 6.54 Å². The van der Waals surface area contributed by atoms with E-state index >= 15 is 0 Å². The molecule has 0 unspecified atom stereocenters. The molecule has 1 amide bonds. The summed E-state index contributed by atoms with van der Waals surface area (Å²) in [5, 5.41) is 6.36. The molecule has 0 aliphatic rings. The minimum atomic E-state index is -0.269. The van der Waals surface area contributed by atoms with Crippen LogP contribution in [0.25, 0.3) is 0 Å². The number of ether oxygens (including phenoxy) is 1. The molecule has 0 saturated heterocycles. The zero-order valence-corrected chi connectivity index (χ0v) is 15.7. The Bertz CT molecular complexity index is 962. The highest BCUT2D eigenvalue weighted by molar-refractivity contribution is 6.32. The maximum absolute atomic E-state index is 12.4. The third-order valence-corrected chi connectivity index (χ3v) is 4.13. The van der Waals surface area contributed by atoms with Gasteiger partial charge in [-0.2, -0.15) is 0 Å². The third-order valence-electron chi connectivity index (χ3n) is 3.83. The fourth-order valence-corrected chi connectivity index (χ4v) is 2.77. The Labute approximate surface area is 162 Å². The fraction of sp³-hybridized carbons (Fsp3) is 0.150. The van der Waals surface area contributed by atoms with E-state index in [4.69, 9.17) is 16.3 Å². The number of halogens is 1. The molecule has 7 heteroatoms. The molecule has 0 saturated carbocycles. The van der Waals surface area contributed by atoms with E-state index in [0.717, 1.165) is 11.1 Å². The van der Waals surface area contributed by atoms with Crippen LogP contribution in [0.1, 0.15) is 21.6 Å². The van der Waals surface area contributed by atoms with E-state index in [9.17, 15) is 4.79 Å². The topological polar surface area (TPSA) is 76.1 Å². The van der Waals surface area contributed by atoms with Crippen molar-refractivity contribution in [2.75, 3.05) is 12.4 Å². The van der Waals surface area contributed by atoms with Crippen LogP contribution < -0.4 is 15.4 Å². The fourth-order valence-electron chi connectivity index (χ4n) is 2.51. The summed E-state index contributed by atoms with van der Waals surface area (Å²) in [6, 6.07) is 14.8. The van der Waals surface area contributed by atoms with Gasteiger partial charge in [0.1, 0.15) is 11.4 Å². The van der Waals surface area contributed by atoms with Crippen LogP contribution in [0, 0.1) is 6.92 Å². The number of aryl methyl sites for hydroxylation is 1. The molecule has 27 heavy (non-hydrogen) atoms. The molecule has 1 aromatic heterocycles. The predicted octanol–water partition coefficient (Wildman–Crippen LogP) is 4.12. The summed E-state index contributed by atoms with van der Waals surface area (Å²) in [5.41, 5.74) is 3.15. The molecule has 0 radical (unpaired) electrons. The van der Waals surface area contributed by atoms with Gasteiger partial charge in [0.25, 0.3) is 5.91 Å². The molecule has 1 heterocycles. The largest absolute Gasteiger partial charge is 0.495 e. The molecule has 0 spiro atoms. The van der Waals surface area contributed by atoms with Gasteiger partial charge < -0.3 is 15.4 Å². The van der Waals surface area contributed by atoms with Gasteiger partial charge >= 0.3 is 0 Å². The second-order valence-electron chi connectivity index (χ2n) is 5.91. The van der Waals surface area contributed by atoms with Gasteiger partial charge in [0.05, 0.1) is 12.1 Å². The Balaban J connectivity index is 1.67. The van der Waals surface area contributed by atoms with Gasteiger partial charge in [0.15, 0.2) is 0 Å². The first-order chi connectivity index (χ1) is 13.0. The highest BCUT2D eigenvalue weighted by Crippen LogP contribution is 2.28. The number of nitrogens with zero attached hydrogens (tertiary/aromatic N) is 2. The van der Waals surface area contributed by atoms with Crippen molar-refractivity contribution in [2.24, 2.45) is 0 Å². The Kier molecular flexibility index (Phi) is 5.88. The minimum absolute atomic E-state index is 0.269. The lowest BCUT2D eigenvalue weighted by Gasteiger charge is -2.09. The predicted molar refractivity (Wildman–Crippen MR) is 106 cm³/mol. The highest BCUT2D eigenvalue weighted by atomic mass is 35.5. The molecule has 2 aromatic carbocycles. The molecule has 0 fully saturated rings. The number of hydrogen-bond acceptors (Lipinski definition) is 5. The van der Waals surface area contributed by atoms with Crippen molar-refractivity contribution in [3.05, 3.63) is 76.6 Å². The Hall–Kier alpha value is -3.12. The van der Waals surface area contributed by atoms with Gasteiger partial charge in [-0.3, -0.25) is 4.79 Å². The van der Waals surface area contributed by atoms with Crippen molar-refractivity contribution in [1.29, 1.82) is 0 Å². The van der Waals surface area contributed by atoms with Crippen LogP contribution in [0.4, 0.5) is 11.6 Å². The summed E-state index contributed by atoms with van der Waals surface area (Å²) in [5.74, 6) is 0.613. The van der Waals surface area contributed by atoms with Crippen LogP contribution in [0.2, 0.25) is 5.02 Å². The monoisotopic (exact) mass is 382 g/mol. The Morgan fingerprint density at radius 2 is 2.04 bits per heavy atom. The average molecular weight is 383 g/mol. The first-order valence-electron chi connectivity index (χ1n) is 8.32. The average Bonchev–Trinajstić information content (AvgIpc) is 2.66. The van der Waals surface area contributed by atoms with Crippen LogP contribution in [-0.4, -0.2) is 23.0 Å². The number of aromatic nitrogens is 2. The molecule has 138 valence electrons. The zero-order chi connectivity index (χ0) is 19.2. The summed E-state index contributed by atoms with van der Waals surface area (Å²) in [4.78, 5) is 20.8. The van der Waals surface area contributed by atoms with E-state index < -0.39 is 0 Å². The number of carbonyl (C=O) groups excluding carboxylic acids is 1. The first-order valence-corrected chi connectivity index (χ1v) is 8.70. The molecule has 0 aliphatic carbocycles. The van der Waals surface area contributed by atoms with Gasteiger partial charge in [-0.05, 0) is 36.8 Å². The van der Waals surface area contributed by atoms with E-state index in [0.29, 0.717) is 29.0 Å². The smallest absolute Gasteiger partial charge is 0.270 e. The number of benzene rings is 2. The van der Waals surface area contributed by atoms with Crippen molar-refractivity contribution in [3.63, 3.8) is 0 Å². The number of rotatable bonds is 6. The van der Waals surface area contributed by atoms with Crippen LogP contribution >= 0.6 is 11.6 Å². The molecule has 0 atom stereocenters. The molecule has 0 bridgehead atoms. The SMILES string of the molecule is COc1ccc(Nc2nccc(C(=O)NCc3cccc(C)c3)n2)cc1Cl. The van der Waals surface area contributed by atoms with E-state index in [1.807, 2.05) is 31.2 Å². The van der Waals surface area contributed by atoms with E-state index in [-0.39, 0.29) is 11.6 Å². The summed E-state index contributed by atoms with van der Waals surface area (Å²) in [6.07, 6.45) is 1.53. The normalized spacial score (nSPS) is 10.3.